The lowest BCUT2D eigenvalue weighted by Gasteiger charge is -2.28. The molecule has 0 radical (unpaired) electrons. The van der Waals surface area contributed by atoms with Crippen molar-refractivity contribution in [2.75, 3.05) is 19.6 Å². The van der Waals surface area contributed by atoms with Gasteiger partial charge in [0.1, 0.15) is 0 Å². The first-order valence-corrected chi connectivity index (χ1v) is 7.35. The molecule has 0 saturated heterocycles. The molecule has 2 heteroatoms. The molecule has 1 atom stereocenters. The molecule has 0 aromatic heterocycles. The normalized spacial score (nSPS) is 13.6. The van der Waals surface area contributed by atoms with E-state index in [-0.39, 0.29) is 5.41 Å². The second-order valence-corrected chi connectivity index (χ2v) is 6.51. The molecule has 1 aromatic carbocycles. The SMILES string of the molecule is Cc1ccc(C)c(C(C)(C)CNCCC(C)CN)c1. The van der Waals surface area contributed by atoms with Crippen molar-refractivity contribution in [2.24, 2.45) is 11.7 Å². The summed E-state index contributed by atoms with van der Waals surface area (Å²) in [6.45, 7) is 14.0. The van der Waals surface area contributed by atoms with Crippen molar-refractivity contribution in [1.29, 1.82) is 0 Å². The number of nitrogens with two attached hydrogens (primary N) is 1. The van der Waals surface area contributed by atoms with Gasteiger partial charge in [-0.05, 0) is 50.4 Å². The van der Waals surface area contributed by atoms with Gasteiger partial charge < -0.3 is 11.1 Å². The van der Waals surface area contributed by atoms with Crippen molar-refractivity contribution in [3.8, 4) is 0 Å². The number of hydrogen-bond donors (Lipinski definition) is 2. The quantitative estimate of drug-likeness (QED) is 0.741. The van der Waals surface area contributed by atoms with Crippen LogP contribution in [0.5, 0.6) is 0 Å². The van der Waals surface area contributed by atoms with E-state index in [4.69, 9.17) is 5.73 Å². The van der Waals surface area contributed by atoms with E-state index >= 15 is 0 Å². The topological polar surface area (TPSA) is 38.0 Å². The zero-order chi connectivity index (χ0) is 14.5. The van der Waals surface area contributed by atoms with Gasteiger partial charge in [-0.15, -0.1) is 0 Å². The predicted octanol–water partition coefficient (Wildman–Crippen LogP) is 3.16. The Morgan fingerprint density at radius 2 is 1.95 bits per heavy atom. The van der Waals surface area contributed by atoms with Crippen LogP contribution in [0.15, 0.2) is 18.2 Å². The largest absolute Gasteiger partial charge is 0.330 e. The van der Waals surface area contributed by atoms with E-state index in [1.807, 2.05) is 0 Å². The van der Waals surface area contributed by atoms with E-state index < -0.39 is 0 Å². The predicted molar refractivity (Wildman–Crippen MR) is 84.6 cm³/mol. The van der Waals surface area contributed by atoms with Gasteiger partial charge in [-0.3, -0.25) is 0 Å². The number of hydrogen-bond acceptors (Lipinski definition) is 2. The van der Waals surface area contributed by atoms with Gasteiger partial charge in [0.2, 0.25) is 0 Å². The molecular weight excluding hydrogens is 232 g/mol. The van der Waals surface area contributed by atoms with Gasteiger partial charge in [0.25, 0.3) is 0 Å². The van der Waals surface area contributed by atoms with Gasteiger partial charge in [0.05, 0.1) is 0 Å². The van der Waals surface area contributed by atoms with Crippen molar-refractivity contribution in [1.82, 2.24) is 5.32 Å². The Labute approximate surface area is 118 Å². The first-order valence-electron chi connectivity index (χ1n) is 7.35. The summed E-state index contributed by atoms with van der Waals surface area (Å²) in [5.74, 6) is 0.608. The first kappa shape index (κ1) is 16.2. The highest BCUT2D eigenvalue weighted by molar-refractivity contribution is 5.36. The van der Waals surface area contributed by atoms with Gasteiger partial charge in [0, 0.05) is 12.0 Å². The van der Waals surface area contributed by atoms with Gasteiger partial charge in [-0.25, -0.2) is 0 Å². The molecule has 0 heterocycles. The Kier molecular flexibility index (Phi) is 6.02. The molecule has 108 valence electrons. The standard InChI is InChI=1S/C17H30N2/c1-13-6-7-15(3)16(10-13)17(4,5)12-19-9-8-14(2)11-18/h6-7,10,14,19H,8-9,11-12,18H2,1-5H3. The Morgan fingerprint density at radius 3 is 2.58 bits per heavy atom. The van der Waals surface area contributed by atoms with Crippen LogP contribution in [0.25, 0.3) is 0 Å². The highest BCUT2D eigenvalue weighted by Crippen LogP contribution is 2.26. The van der Waals surface area contributed by atoms with Crippen LogP contribution in [0, 0.1) is 19.8 Å². The molecule has 0 spiro atoms. The first-order chi connectivity index (χ1) is 8.86. The van der Waals surface area contributed by atoms with Crippen LogP contribution in [0.2, 0.25) is 0 Å². The molecule has 0 fully saturated rings. The van der Waals surface area contributed by atoms with Crippen LogP contribution in [0.4, 0.5) is 0 Å². The number of nitrogens with one attached hydrogen (secondary N) is 1. The number of aryl methyl sites for hydroxylation is 2. The Hall–Kier alpha value is -0.860. The molecule has 0 saturated carbocycles. The van der Waals surface area contributed by atoms with E-state index in [1.165, 1.54) is 16.7 Å². The number of rotatable bonds is 7. The van der Waals surface area contributed by atoms with Crippen molar-refractivity contribution in [3.05, 3.63) is 34.9 Å². The van der Waals surface area contributed by atoms with E-state index in [9.17, 15) is 0 Å². The average molecular weight is 262 g/mol. The van der Waals surface area contributed by atoms with Crippen LogP contribution in [0.1, 0.15) is 43.9 Å². The zero-order valence-electron chi connectivity index (χ0n) is 13.2. The minimum Gasteiger partial charge on any atom is -0.330 e. The van der Waals surface area contributed by atoms with Crippen molar-refractivity contribution < 1.29 is 0 Å². The van der Waals surface area contributed by atoms with E-state index in [0.717, 1.165) is 26.1 Å². The molecule has 2 nitrogen and oxygen atoms in total. The molecule has 0 amide bonds. The Morgan fingerprint density at radius 1 is 1.26 bits per heavy atom. The summed E-state index contributed by atoms with van der Waals surface area (Å²) in [4.78, 5) is 0. The molecule has 0 aliphatic rings. The van der Waals surface area contributed by atoms with Gasteiger partial charge >= 0.3 is 0 Å². The molecule has 1 aromatic rings. The summed E-state index contributed by atoms with van der Waals surface area (Å²) >= 11 is 0. The molecular formula is C17H30N2. The molecule has 1 unspecified atom stereocenters. The van der Waals surface area contributed by atoms with Gasteiger partial charge in [0.15, 0.2) is 0 Å². The summed E-state index contributed by atoms with van der Waals surface area (Å²) in [6.07, 6.45) is 1.15. The highest BCUT2D eigenvalue weighted by atomic mass is 14.9. The second kappa shape index (κ2) is 7.06. The molecule has 3 N–H and O–H groups in total. The minimum absolute atomic E-state index is 0.169. The average Bonchev–Trinajstić information content (AvgIpc) is 2.37. The summed E-state index contributed by atoms with van der Waals surface area (Å²) in [5, 5.41) is 3.58. The maximum atomic E-state index is 5.64. The fourth-order valence-corrected chi connectivity index (χ4v) is 2.43. The van der Waals surface area contributed by atoms with E-state index in [1.54, 1.807) is 0 Å². The van der Waals surface area contributed by atoms with E-state index in [2.05, 4.69) is 58.1 Å². The van der Waals surface area contributed by atoms with Crippen molar-refractivity contribution in [2.45, 2.75) is 46.5 Å². The van der Waals surface area contributed by atoms with Crippen molar-refractivity contribution >= 4 is 0 Å². The maximum Gasteiger partial charge on any atom is 0.00432 e. The fraction of sp³-hybridized carbons (Fsp3) is 0.647. The lowest BCUT2D eigenvalue weighted by molar-refractivity contribution is 0.439. The van der Waals surface area contributed by atoms with Crippen LogP contribution in [-0.4, -0.2) is 19.6 Å². The molecule has 0 aliphatic heterocycles. The molecule has 19 heavy (non-hydrogen) atoms. The summed E-state index contributed by atoms with van der Waals surface area (Å²) in [7, 11) is 0. The van der Waals surface area contributed by atoms with Gasteiger partial charge in [-0.2, -0.15) is 0 Å². The van der Waals surface area contributed by atoms with E-state index in [0.29, 0.717) is 5.92 Å². The lowest BCUT2D eigenvalue weighted by atomic mass is 9.81. The Bertz CT molecular complexity index is 396. The summed E-state index contributed by atoms with van der Waals surface area (Å²) < 4.78 is 0. The molecule has 0 bridgehead atoms. The van der Waals surface area contributed by atoms with Gasteiger partial charge in [-0.1, -0.05) is 44.5 Å². The smallest absolute Gasteiger partial charge is 0.00432 e. The number of benzene rings is 1. The minimum atomic E-state index is 0.169. The summed E-state index contributed by atoms with van der Waals surface area (Å²) in [5.41, 5.74) is 9.98. The lowest BCUT2D eigenvalue weighted by Crippen LogP contribution is -2.35. The third kappa shape index (κ3) is 4.96. The monoisotopic (exact) mass is 262 g/mol. The molecule has 0 aliphatic carbocycles. The summed E-state index contributed by atoms with van der Waals surface area (Å²) in [6, 6.07) is 6.73. The van der Waals surface area contributed by atoms with Crippen molar-refractivity contribution in [3.63, 3.8) is 0 Å². The van der Waals surface area contributed by atoms with Crippen LogP contribution in [-0.2, 0) is 5.41 Å². The van der Waals surface area contributed by atoms with Crippen LogP contribution in [0.3, 0.4) is 0 Å². The fourth-order valence-electron chi connectivity index (χ4n) is 2.43. The Balaban J connectivity index is 2.58. The van der Waals surface area contributed by atoms with Crippen LogP contribution < -0.4 is 11.1 Å². The maximum absolute atomic E-state index is 5.64. The zero-order valence-corrected chi connectivity index (χ0v) is 13.2. The third-order valence-corrected chi connectivity index (χ3v) is 3.91. The third-order valence-electron chi connectivity index (χ3n) is 3.91. The molecule has 1 rings (SSSR count). The second-order valence-electron chi connectivity index (χ2n) is 6.51. The highest BCUT2D eigenvalue weighted by Gasteiger charge is 2.22. The van der Waals surface area contributed by atoms with Crippen LogP contribution >= 0.6 is 0 Å².